The lowest BCUT2D eigenvalue weighted by molar-refractivity contribution is 0.601. The molecule has 4 rings (SSSR count). The fourth-order valence-corrected chi connectivity index (χ4v) is 4.74. The van der Waals surface area contributed by atoms with Crippen molar-refractivity contribution < 1.29 is 8.42 Å². The average Bonchev–Trinajstić information content (AvgIpc) is 3.28. The highest BCUT2D eigenvalue weighted by Crippen LogP contribution is 2.32. The van der Waals surface area contributed by atoms with Crippen molar-refractivity contribution in [3.05, 3.63) is 56.5 Å². The number of hydrogen-bond donors (Lipinski definition) is 2. The molecule has 0 amide bonds. The lowest BCUT2D eigenvalue weighted by Gasteiger charge is -2.13. The Morgan fingerprint density at radius 3 is 2.58 bits per heavy atom. The molecule has 0 aliphatic heterocycles. The third-order valence-electron chi connectivity index (χ3n) is 4.15. The molecule has 0 bridgehead atoms. The van der Waals surface area contributed by atoms with Gasteiger partial charge < -0.3 is 0 Å². The van der Waals surface area contributed by atoms with E-state index in [2.05, 4.69) is 46.0 Å². The zero-order valence-electron chi connectivity index (χ0n) is 15.4. The van der Waals surface area contributed by atoms with Crippen LogP contribution in [0.25, 0.3) is 17.3 Å². The van der Waals surface area contributed by atoms with Crippen molar-refractivity contribution in [3.63, 3.8) is 0 Å². The molecule has 3 aromatic heterocycles. The molecule has 0 spiro atoms. The second-order valence-corrected chi connectivity index (χ2v) is 9.89. The predicted octanol–water partition coefficient (Wildman–Crippen LogP) is 2.83. The first-order chi connectivity index (χ1) is 14.7. The Labute approximate surface area is 200 Å². The van der Waals surface area contributed by atoms with Crippen LogP contribution in [0, 0.1) is 0 Å². The van der Waals surface area contributed by atoms with Crippen molar-refractivity contribution in [3.8, 4) is 17.3 Å². The minimum absolute atomic E-state index is 0.0846. The number of nitrogens with zero attached hydrogens (tertiary/aromatic N) is 5. The van der Waals surface area contributed by atoms with E-state index in [0.717, 1.165) is 5.46 Å². The minimum Gasteiger partial charge on any atom is -0.284 e. The summed E-state index contributed by atoms with van der Waals surface area (Å²) in [4.78, 5) is 4.20. The lowest BCUT2D eigenvalue weighted by atomic mass is 10.00. The highest BCUT2D eigenvalue weighted by Gasteiger charge is 2.24. The molecule has 3 heterocycles. The number of rotatable bonds is 5. The largest absolute Gasteiger partial charge is 0.284 e. The molecule has 0 unspecified atom stereocenters. The molecule has 0 aliphatic rings. The number of benzene rings is 1. The summed E-state index contributed by atoms with van der Waals surface area (Å²) in [6, 6.07) is 5.39. The van der Waals surface area contributed by atoms with Crippen molar-refractivity contribution in [2.24, 2.45) is 0 Å². The van der Waals surface area contributed by atoms with Gasteiger partial charge in [0.05, 0.1) is 25.7 Å². The van der Waals surface area contributed by atoms with Gasteiger partial charge in [0.1, 0.15) is 13.5 Å². The maximum Gasteiger partial charge on any atom is 0.262 e. The first-order valence-corrected chi connectivity index (χ1v) is 11.8. The second-order valence-electron chi connectivity index (χ2n) is 6.25. The smallest absolute Gasteiger partial charge is 0.262 e. The van der Waals surface area contributed by atoms with Gasteiger partial charge in [0, 0.05) is 12.4 Å². The average molecular weight is 561 g/mol. The third-order valence-corrected chi connectivity index (χ3v) is 6.97. The Morgan fingerprint density at radius 1 is 1.13 bits per heavy atom. The number of pyridine rings is 1. The molecule has 4 aromatic rings. The van der Waals surface area contributed by atoms with Crippen LogP contribution in [0.1, 0.15) is 0 Å². The molecule has 2 N–H and O–H groups in total. The molecule has 0 saturated carbocycles. The Balaban J connectivity index is 1.84. The second kappa shape index (κ2) is 8.43. The zero-order chi connectivity index (χ0) is 22.3. The number of hydrogen-bond acceptors (Lipinski definition) is 6. The van der Waals surface area contributed by atoms with Gasteiger partial charge in [-0.1, -0.05) is 34.8 Å². The van der Waals surface area contributed by atoms with E-state index in [0.29, 0.717) is 10.6 Å². The van der Waals surface area contributed by atoms with Gasteiger partial charge in [-0.2, -0.15) is 5.10 Å². The van der Waals surface area contributed by atoms with Crippen LogP contribution in [0.3, 0.4) is 0 Å². The van der Waals surface area contributed by atoms with Crippen LogP contribution in [0.2, 0.25) is 15.1 Å². The first kappa shape index (κ1) is 22.1. The number of H-pyrrole nitrogens is 1. The van der Waals surface area contributed by atoms with E-state index >= 15 is 0 Å². The van der Waals surface area contributed by atoms with Crippen molar-refractivity contribution in [1.82, 2.24) is 29.9 Å². The fraction of sp³-hybridized carbons (Fsp3) is 0. The third kappa shape index (κ3) is 4.30. The van der Waals surface area contributed by atoms with Gasteiger partial charge in [-0.25, -0.2) is 13.4 Å². The van der Waals surface area contributed by atoms with Crippen LogP contribution in [-0.2, 0) is 10.0 Å². The molecule has 31 heavy (non-hydrogen) atoms. The predicted molar refractivity (Wildman–Crippen MR) is 125 cm³/mol. The summed E-state index contributed by atoms with van der Waals surface area (Å²) in [5.41, 5.74) is 1.09. The quantitative estimate of drug-likeness (QED) is 0.362. The normalized spacial score (nSPS) is 11.6. The molecule has 0 radical (unpaired) electrons. The van der Waals surface area contributed by atoms with E-state index in [9.17, 15) is 8.42 Å². The van der Waals surface area contributed by atoms with Gasteiger partial charge in [-0.05, 0) is 45.7 Å². The van der Waals surface area contributed by atoms with Gasteiger partial charge in [0.2, 0.25) is 4.73 Å². The van der Waals surface area contributed by atoms with Gasteiger partial charge in [0.25, 0.3) is 10.0 Å². The van der Waals surface area contributed by atoms with Crippen molar-refractivity contribution in [2.45, 2.75) is 4.90 Å². The number of nitrogens with one attached hydrogen (secondary N) is 2. The van der Waals surface area contributed by atoms with Gasteiger partial charge in [-0.3, -0.25) is 14.4 Å². The van der Waals surface area contributed by atoms with E-state index < -0.39 is 10.0 Å². The van der Waals surface area contributed by atoms with Crippen LogP contribution in [0.5, 0.6) is 0 Å². The summed E-state index contributed by atoms with van der Waals surface area (Å²) in [7, 11) is -2.21. The number of sulfonamides is 1. The standard InChI is InChI=1S/C16H10BBrCl3N7O2S/c17-9-6-23-24-14(9)28-15(25-26-16(28)18)13-12(3-7(19)5-22-13)27-31(29,30)8-1-2-10(20)11(21)4-8/h1-6,27H,17H2,(H,23,24). The molecule has 158 valence electrons. The topological polar surface area (TPSA) is 118 Å². The van der Waals surface area contributed by atoms with E-state index in [-0.39, 0.29) is 37.2 Å². The monoisotopic (exact) mass is 559 g/mol. The van der Waals surface area contributed by atoms with Crippen LogP contribution in [0.15, 0.2) is 46.3 Å². The summed E-state index contributed by atoms with van der Waals surface area (Å²) >= 11 is 21.3. The van der Waals surface area contributed by atoms with Crippen LogP contribution in [-0.4, -0.2) is 46.2 Å². The maximum absolute atomic E-state index is 13.0. The lowest BCUT2D eigenvalue weighted by Crippen LogP contribution is -2.16. The Hall–Kier alpha value is -2.12. The van der Waals surface area contributed by atoms with Gasteiger partial charge >= 0.3 is 0 Å². The molecule has 9 nitrogen and oxygen atoms in total. The van der Waals surface area contributed by atoms with Crippen molar-refractivity contribution in [1.29, 1.82) is 0 Å². The summed E-state index contributed by atoms with van der Waals surface area (Å²) in [5, 5.41) is 15.7. The van der Waals surface area contributed by atoms with E-state index in [1.165, 1.54) is 30.5 Å². The summed E-state index contributed by atoms with van der Waals surface area (Å²) in [5.74, 6) is 0.757. The van der Waals surface area contributed by atoms with Crippen LogP contribution >= 0.6 is 50.7 Å². The van der Waals surface area contributed by atoms with Crippen molar-refractivity contribution >= 4 is 79.8 Å². The molecule has 0 saturated heterocycles. The summed E-state index contributed by atoms with van der Waals surface area (Å²) in [6.07, 6.45) is 3.08. The van der Waals surface area contributed by atoms with Crippen LogP contribution in [0.4, 0.5) is 5.69 Å². The SMILES string of the molecule is Bc1c[nH]nc1-n1c(Br)nnc1-c1ncc(Cl)cc1NS(=O)(=O)c1ccc(Cl)c(Cl)c1. The summed E-state index contributed by atoms with van der Waals surface area (Å²) < 4.78 is 30.4. The molecule has 0 aliphatic carbocycles. The molecule has 0 atom stereocenters. The Bertz CT molecular complexity index is 1410. The number of anilines is 1. The first-order valence-electron chi connectivity index (χ1n) is 8.43. The molecular weight excluding hydrogens is 551 g/mol. The van der Waals surface area contributed by atoms with Crippen LogP contribution < -0.4 is 10.2 Å². The van der Waals surface area contributed by atoms with E-state index in [1.54, 1.807) is 10.8 Å². The molecular formula is C16H10BBrCl3N7O2S. The van der Waals surface area contributed by atoms with Gasteiger partial charge in [-0.15, -0.1) is 10.2 Å². The molecule has 15 heteroatoms. The number of halogens is 4. The zero-order valence-corrected chi connectivity index (χ0v) is 20.1. The Kier molecular flexibility index (Phi) is 6.01. The molecule has 0 fully saturated rings. The summed E-state index contributed by atoms with van der Waals surface area (Å²) in [6.45, 7) is 0. The number of aromatic amines is 1. The van der Waals surface area contributed by atoms with Gasteiger partial charge in [0.15, 0.2) is 11.6 Å². The fourth-order valence-electron chi connectivity index (χ4n) is 2.72. The maximum atomic E-state index is 13.0. The number of aromatic nitrogens is 6. The molecule has 1 aromatic carbocycles. The van der Waals surface area contributed by atoms with E-state index in [4.69, 9.17) is 34.8 Å². The Morgan fingerprint density at radius 2 is 1.90 bits per heavy atom. The van der Waals surface area contributed by atoms with E-state index in [1.807, 2.05) is 7.85 Å². The highest BCUT2D eigenvalue weighted by atomic mass is 79.9. The minimum atomic E-state index is -4.05. The highest BCUT2D eigenvalue weighted by molar-refractivity contribution is 9.10. The van der Waals surface area contributed by atoms with Crippen molar-refractivity contribution in [2.75, 3.05) is 4.72 Å².